The summed E-state index contributed by atoms with van der Waals surface area (Å²) in [5.41, 5.74) is 0.728. The molecule has 138 valence electrons. The first-order valence-corrected chi connectivity index (χ1v) is 10.1. The maximum absolute atomic E-state index is 12.7. The first-order chi connectivity index (χ1) is 12.1. The van der Waals surface area contributed by atoms with E-state index in [9.17, 15) is 4.79 Å². The van der Waals surface area contributed by atoms with Crippen LogP contribution in [-0.2, 0) is 0 Å². The number of rotatable bonds is 4. The standard InChI is InChI=1S/C20H32N4O/c1-15(2)24-17(14-22-9-3-4-10-22)12-16-13-23(11-7-19(16)24)20(25)18-6-5-8-21-18/h5-6,8,15-17,19,21H,3-4,7,9-14H2,1-2H3/t16-,17+,19+/m0/s1. The highest BCUT2D eigenvalue weighted by atomic mass is 16.2. The maximum Gasteiger partial charge on any atom is 0.270 e. The van der Waals surface area contributed by atoms with Crippen molar-refractivity contribution < 1.29 is 4.79 Å². The van der Waals surface area contributed by atoms with Crippen LogP contribution in [0.25, 0.3) is 0 Å². The number of aromatic amines is 1. The molecule has 1 aromatic heterocycles. The summed E-state index contributed by atoms with van der Waals surface area (Å²) in [5.74, 6) is 0.796. The van der Waals surface area contributed by atoms with Crippen LogP contribution in [0.15, 0.2) is 18.3 Å². The Balaban J connectivity index is 1.44. The fourth-order valence-electron chi connectivity index (χ4n) is 5.44. The second kappa shape index (κ2) is 7.12. The molecule has 1 N–H and O–H groups in total. The van der Waals surface area contributed by atoms with Crippen molar-refractivity contribution in [1.82, 2.24) is 19.7 Å². The molecular weight excluding hydrogens is 312 g/mol. The van der Waals surface area contributed by atoms with Crippen LogP contribution < -0.4 is 0 Å². The third-order valence-electron chi connectivity index (χ3n) is 6.45. The number of fused-ring (bicyclic) bond motifs is 1. The van der Waals surface area contributed by atoms with Crippen LogP contribution in [0.4, 0.5) is 0 Å². The van der Waals surface area contributed by atoms with E-state index in [1.165, 1.54) is 38.9 Å². The number of hydrogen-bond donors (Lipinski definition) is 1. The van der Waals surface area contributed by atoms with Crippen LogP contribution in [0.3, 0.4) is 0 Å². The Labute approximate surface area is 151 Å². The molecule has 4 heterocycles. The van der Waals surface area contributed by atoms with E-state index >= 15 is 0 Å². The lowest BCUT2D eigenvalue weighted by molar-refractivity contribution is 0.0512. The zero-order chi connectivity index (χ0) is 17.4. The fourth-order valence-corrected chi connectivity index (χ4v) is 5.44. The van der Waals surface area contributed by atoms with Crippen molar-refractivity contribution in [1.29, 1.82) is 0 Å². The lowest BCUT2D eigenvalue weighted by atomic mass is 9.91. The van der Waals surface area contributed by atoms with Crippen molar-refractivity contribution in [3.05, 3.63) is 24.0 Å². The van der Waals surface area contributed by atoms with Gasteiger partial charge in [0, 0.05) is 44.0 Å². The van der Waals surface area contributed by atoms with Gasteiger partial charge in [-0.25, -0.2) is 0 Å². The van der Waals surface area contributed by atoms with Crippen LogP contribution in [0.2, 0.25) is 0 Å². The van der Waals surface area contributed by atoms with E-state index in [0.29, 0.717) is 24.0 Å². The molecule has 3 fully saturated rings. The van der Waals surface area contributed by atoms with Gasteiger partial charge in [0.2, 0.25) is 0 Å². The quantitative estimate of drug-likeness (QED) is 0.912. The molecule has 3 saturated heterocycles. The molecule has 0 aliphatic carbocycles. The van der Waals surface area contributed by atoms with Gasteiger partial charge in [-0.1, -0.05) is 0 Å². The Morgan fingerprint density at radius 1 is 1.28 bits per heavy atom. The summed E-state index contributed by atoms with van der Waals surface area (Å²) in [4.78, 5) is 23.3. The minimum absolute atomic E-state index is 0.169. The Bertz CT molecular complexity index is 579. The van der Waals surface area contributed by atoms with Gasteiger partial charge in [-0.2, -0.15) is 0 Å². The van der Waals surface area contributed by atoms with Gasteiger partial charge in [-0.15, -0.1) is 0 Å². The second-order valence-corrected chi connectivity index (χ2v) is 8.39. The minimum atomic E-state index is 0.169. The van der Waals surface area contributed by atoms with Gasteiger partial charge in [0.15, 0.2) is 0 Å². The van der Waals surface area contributed by atoms with Crippen LogP contribution in [0, 0.1) is 5.92 Å². The highest BCUT2D eigenvalue weighted by Crippen LogP contribution is 2.38. The van der Waals surface area contributed by atoms with E-state index < -0.39 is 0 Å². The molecule has 25 heavy (non-hydrogen) atoms. The molecular formula is C20H32N4O. The van der Waals surface area contributed by atoms with Gasteiger partial charge < -0.3 is 14.8 Å². The first-order valence-electron chi connectivity index (χ1n) is 10.1. The molecule has 5 heteroatoms. The molecule has 0 bridgehead atoms. The molecule has 5 nitrogen and oxygen atoms in total. The van der Waals surface area contributed by atoms with E-state index in [-0.39, 0.29) is 5.91 Å². The predicted octanol–water partition coefficient (Wildman–Crippen LogP) is 2.42. The highest BCUT2D eigenvalue weighted by Gasteiger charge is 2.46. The summed E-state index contributed by atoms with van der Waals surface area (Å²) in [7, 11) is 0. The summed E-state index contributed by atoms with van der Waals surface area (Å²) < 4.78 is 0. The molecule has 1 aromatic rings. The number of amides is 1. The predicted molar refractivity (Wildman–Crippen MR) is 99.6 cm³/mol. The monoisotopic (exact) mass is 344 g/mol. The summed E-state index contributed by atoms with van der Waals surface area (Å²) in [6.07, 6.45) is 6.92. The van der Waals surface area contributed by atoms with Gasteiger partial charge >= 0.3 is 0 Å². The first kappa shape index (κ1) is 17.1. The number of aromatic nitrogens is 1. The molecule has 3 aliphatic heterocycles. The third kappa shape index (κ3) is 3.36. The van der Waals surface area contributed by atoms with Crippen LogP contribution >= 0.6 is 0 Å². The fraction of sp³-hybridized carbons (Fsp3) is 0.750. The number of nitrogens with zero attached hydrogens (tertiary/aromatic N) is 3. The van der Waals surface area contributed by atoms with Gasteiger partial charge in [-0.05, 0) is 70.7 Å². The molecule has 3 aliphatic rings. The average molecular weight is 345 g/mol. The number of H-pyrrole nitrogens is 1. The van der Waals surface area contributed by atoms with Crippen molar-refractivity contribution in [2.75, 3.05) is 32.7 Å². The molecule has 4 rings (SSSR count). The Kier molecular flexibility index (Phi) is 4.87. The largest absolute Gasteiger partial charge is 0.357 e. The number of piperidine rings is 1. The third-order valence-corrected chi connectivity index (χ3v) is 6.45. The van der Waals surface area contributed by atoms with E-state index in [0.717, 1.165) is 25.2 Å². The second-order valence-electron chi connectivity index (χ2n) is 8.39. The van der Waals surface area contributed by atoms with Crippen LogP contribution in [0.5, 0.6) is 0 Å². The number of likely N-dealkylation sites (tertiary alicyclic amines) is 3. The molecule has 0 aromatic carbocycles. The van der Waals surface area contributed by atoms with Gasteiger partial charge in [0.25, 0.3) is 5.91 Å². The normalized spacial score (nSPS) is 31.0. The Hall–Kier alpha value is -1.33. The van der Waals surface area contributed by atoms with E-state index in [4.69, 9.17) is 0 Å². The number of carbonyl (C=O) groups is 1. The van der Waals surface area contributed by atoms with E-state index in [1.807, 2.05) is 18.3 Å². The van der Waals surface area contributed by atoms with Crippen molar-refractivity contribution in [2.24, 2.45) is 5.92 Å². The van der Waals surface area contributed by atoms with E-state index in [1.54, 1.807) is 0 Å². The van der Waals surface area contributed by atoms with E-state index in [2.05, 4.69) is 33.5 Å². The summed E-state index contributed by atoms with van der Waals surface area (Å²) in [6.45, 7) is 10.3. The van der Waals surface area contributed by atoms with Crippen molar-refractivity contribution >= 4 is 5.91 Å². The molecule has 1 amide bonds. The average Bonchev–Trinajstić information content (AvgIpc) is 3.34. The summed E-state index contributed by atoms with van der Waals surface area (Å²) in [5, 5.41) is 0. The molecule has 0 saturated carbocycles. The Morgan fingerprint density at radius 2 is 2.08 bits per heavy atom. The molecule has 3 atom stereocenters. The molecule has 0 spiro atoms. The van der Waals surface area contributed by atoms with Crippen molar-refractivity contribution in [3.8, 4) is 0 Å². The van der Waals surface area contributed by atoms with Gasteiger partial charge in [0.1, 0.15) is 5.69 Å². The number of hydrogen-bond acceptors (Lipinski definition) is 3. The molecule has 0 unspecified atom stereocenters. The SMILES string of the molecule is CC(C)N1[C@@H](CN2CCCC2)C[C@H]2CN(C(=O)c3ccc[nH]3)CC[C@H]21. The molecule has 0 radical (unpaired) electrons. The Morgan fingerprint density at radius 3 is 2.76 bits per heavy atom. The summed E-state index contributed by atoms with van der Waals surface area (Å²) >= 11 is 0. The minimum Gasteiger partial charge on any atom is -0.357 e. The summed E-state index contributed by atoms with van der Waals surface area (Å²) in [6, 6.07) is 5.70. The van der Waals surface area contributed by atoms with Crippen LogP contribution in [0.1, 0.15) is 50.0 Å². The maximum atomic E-state index is 12.7. The van der Waals surface area contributed by atoms with Crippen molar-refractivity contribution in [3.63, 3.8) is 0 Å². The number of carbonyl (C=O) groups excluding carboxylic acids is 1. The zero-order valence-corrected chi connectivity index (χ0v) is 15.7. The van der Waals surface area contributed by atoms with Gasteiger partial charge in [0.05, 0.1) is 0 Å². The van der Waals surface area contributed by atoms with Crippen LogP contribution in [-0.4, -0.2) is 76.4 Å². The lowest BCUT2D eigenvalue weighted by Gasteiger charge is -2.40. The topological polar surface area (TPSA) is 42.6 Å². The van der Waals surface area contributed by atoms with Crippen molar-refractivity contribution in [2.45, 2.75) is 57.7 Å². The van der Waals surface area contributed by atoms with Gasteiger partial charge in [-0.3, -0.25) is 9.69 Å². The lowest BCUT2D eigenvalue weighted by Crippen LogP contribution is -2.51. The smallest absolute Gasteiger partial charge is 0.270 e. The number of nitrogens with one attached hydrogen (secondary N) is 1. The zero-order valence-electron chi connectivity index (χ0n) is 15.7. The highest BCUT2D eigenvalue weighted by molar-refractivity contribution is 5.92.